The quantitative estimate of drug-likeness (QED) is 0.815. The van der Waals surface area contributed by atoms with Crippen LogP contribution in [0.4, 0.5) is 0 Å². The molecule has 2 rings (SSSR count). The molecule has 1 heterocycles. The van der Waals surface area contributed by atoms with E-state index >= 15 is 0 Å². The number of likely N-dealkylation sites (tertiary alicyclic amines) is 1. The fourth-order valence-corrected chi connectivity index (χ4v) is 3.74. The van der Waals surface area contributed by atoms with E-state index < -0.39 is 5.54 Å². The van der Waals surface area contributed by atoms with E-state index in [-0.39, 0.29) is 0 Å². The van der Waals surface area contributed by atoms with E-state index in [0.29, 0.717) is 0 Å². The second-order valence-corrected chi connectivity index (χ2v) is 6.16. The molecule has 0 spiro atoms. The van der Waals surface area contributed by atoms with Crippen molar-refractivity contribution in [3.05, 3.63) is 0 Å². The number of nitrogens with two attached hydrogens (primary N) is 1. The molecule has 3 heteroatoms. The lowest BCUT2D eigenvalue weighted by molar-refractivity contribution is 0.109. The maximum Gasteiger partial charge on any atom is 0.104 e. The van der Waals surface area contributed by atoms with Gasteiger partial charge in [0, 0.05) is 6.04 Å². The number of rotatable bonds is 5. The first-order valence-corrected chi connectivity index (χ1v) is 7.63. The number of nitrogens with zero attached hydrogens (tertiary/aromatic N) is 2. The van der Waals surface area contributed by atoms with Crippen LogP contribution in [0.15, 0.2) is 0 Å². The molecular formula is C15H27N3. The van der Waals surface area contributed by atoms with Crippen molar-refractivity contribution in [1.82, 2.24) is 4.90 Å². The molecule has 0 radical (unpaired) electrons. The molecule has 1 aliphatic carbocycles. The molecule has 18 heavy (non-hydrogen) atoms. The Morgan fingerprint density at radius 2 is 2.11 bits per heavy atom. The lowest BCUT2D eigenvalue weighted by Gasteiger charge is -2.38. The van der Waals surface area contributed by atoms with E-state index in [1.165, 1.54) is 38.6 Å². The minimum atomic E-state index is -0.592. The summed E-state index contributed by atoms with van der Waals surface area (Å²) in [5, 5.41) is 9.08. The highest BCUT2D eigenvalue weighted by Crippen LogP contribution is 2.36. The minimum Gasteiger partial charge on any atom is -0.313 e. The number of nitriles is 1. The Morgan fingerprint density at radius 3 is 2.83 bits per heavy atom. The Balaban J connectivity index is 1.78. The van der Waals surface area contributed by atoms with Crippen LogP contribution in [-0.2, 0) is 0 Å². The van der Waals surface area contributed by atoms with Crippen LogP contribution in [0.1, 0.15) is 58.3 Å². The van der Waals surface area contributed by atoms with Crippen molar-refractivity contribution in [1.29, 1.82) is 5.26 Å². The van der Waals surface area contributed by atoms with Gasteiger partial charge in [0.05, 0.1) is 6.07 Å². The van der Waals surface area contributed by atoms with Gasteiger partial charge in [0.1, 0.15) is 5.54 Å². The van der Waals surface area contributed by atoms with Crippen LogP contribution >= 0.6 is 0 Å². The van der Waals surface area contributed by atoms with Gasteiger partial charge >= 0.3 is 0 Å². The summed E-state index contributed by atoms with van der Waals surface area (Å²) < 4.78 is 0. The first-order valence-electron chi connectivity index (χ1n) is 7.63. The molecule has 0 aromatic heterocycles. The van der Waals surface area contributed by atoms with E-state index in [2.05, 4.69) is 11.0 Å². The summed E-state index contributed by atoms with van der Waals surface area (Å²) in [6, 6.07) is 3.11. The molecule has 1 saturated carbocycles. The summed E-state index contributed by atoms with van der Waals surface area (Å²) in [5.74, 6) is 0.962. The molecule has 3 atom stereocenters. The Labute approximate surface area is 111 Å². The number of piperidine rings is 1. The average molecular weight is 249 g/mol. The van der Waals surface area contributed by atoms with Gasteiger partial charge in [0.15, 0.2) is 0 Å². The van der Waals surface area contributed by atoms with Crippen molar-refractivity contribution in [2.45, 2.75) is 69.9 Å². The van der Waals surface area contributed by atoms with E-state index in [4.69, 9.17) is 11.0 Å². The van der Waals surface area contributed by atoms with Crippen LogP contribution in [0.25, 0.3) is 0 Å². The summed E-state index contributed by atoms with van der Waals surface area (Å²) in [7, 11) is 0. The third-order valence-corrected chi connectivity index (χ3v) is 5.03. The zero-order chi connectivity index (χ0) is 13.0. The zero-order valence-electron chi connectivity index (χ0n) is 11.7. The average Bonchev–Trinajstić information content (AvgIpc) is 2.87. The molecule has 102 valence electrons. The van der Waals surface area contributed by atoms with Gasteiger partial charge in [0.2, 0.25) is 0 Å². The zero-order valence-corrected chi connectivity index (χ0v) is 11.7. The van der Waals surface area contributed by atoms with Crippen LogP contribution in [0.2, 0.25) is 0 Å². The molecule has 1 saturated heterocycles. The van der Waals surface area contributed by atoms with Crippen molar-refractivity contribution >= 4 is 0 Å². The maximum atomic E-state index is 9.08. The third-order valence-electron chi connectivity index (χ3n) is 5.03. The molecule has 0 aromatic rings. The summed E-state index contributed by atoms with van der Waals surface area (Å²) in [6.45, 7) is 4.41. The lowest BCUT2D eigenvalue weighted by atomic mass is 9.90. The topological polar surface area (TPSA) is 53.1 Å². The van der Waals surface area contributed by atoms with Crippen molar-refractivity contribution in [3.8, 4) is 6.07 Å². The molecule has 2 fully saturated rings. The molecule has 3 nitrogen and oxygen atoms in total. The second kappa shape index (κ2) is 6.04. The first-order chi connectivity index (χ1) is 8.68. The fourth-order valence-electron chi connectivity index (χ4n) is 3.74. The van der Waals surface area contributed by atoms with Crippen molar-refractivity contribution in [2.75, 3.05) is 13.1 Å². The van der Waals surface area contributed by atoms with Crippen molar-refractivity contribution in [2.24, 2.45) is 11.7 Å². The van der Waals surface area contributed by atoms with Gasteiger partial charge < -0.3 is 10.6 Å². The van der Waals surface area contributed by atoms with Crippen molar-refractivity contribution < 1.29 is 0 Å². The van der Waals surface area contributed by atoms with Crippen LogP contribution < -0.4 is 5.73 Å². The standard InChI is InChI=1S/C15H27N3/c1-2-15(17,12-16)9-5-11-18-10-4-7-13-6-3-8-14(13)18/h13-14H,2-11,17H2,1H3. The Hall–Kier alpha value is -0.590. The van der Waals surface area contributed by atoms with Gasteiger partial charge in [-0.15, -0.1) is 0 Å². The molecule has 2 aliphatic rings. The molecule has 0 amide bonds. The van der Waals surface area contributed by atoms with Crippen LogP contribution in [0.5, 0.6) is 0 Å². The normalized spacial score (nSPS) is 31.6. The first kappa shape index (κ1) is 13.8. The highest BCUT2D eigenvalue weighted by Gasteiger charge is 2.34. The summed E-state index contributed by atoms with van der Waals surface area (Å²) in [5.41, 5.74) is 5.45. The van der Waals surface area contributed by atoms with Gasteiger partial charge in [-0.1, -0.05) is 13.3 Å². The molecular weight excluding hydrogens is 222 g/mol. The molecule has 0 aromatic carbocycles. The summed E-state index contributed by atoms with van der Waals surface area (Å²) in [4.78, 5) is 2.68. The van der Waals surface area contributed by atoms with Gasteiger partial charge in [-0.2, -0.15) is 5.26 Å². The highest BCUT2D eigenvalue weighted by molar-refractivity contribution is 5.03. The monoisotopic (exact) mass is 249 g/mol. The highest BCUT2D eigenvalue weighted by atomic mass is 15.2. The second-order valence-electron chi connectivity index (χ2n) is 6.16. The maximum absolute atomic E-state index is 9.08. The van der Waals surface area contributed by atoms with Gasteiger partial charge in [-0.05, 0) is 64.0 Å². The van der Waals surface area contributed by atoms with Crippen molar-refractivity contribution in [3.63, 3.8) is 0 Å². The van der Waals surface area contributed by atoms with E-state index in [9.17, 15) is 0 Å². The van der Waals surface area contributed by atoms with Gasteiger partial charge in [-0.25, -0.2) is 0 Å². The van der Waals surface area contributed by atoms with Crippen LogP contribution in [0.3, 0.4) is 0 Å². The lowest BCUT2D eigenvalue weighted by Crippen LogP contribution is -2.44. The summed E-state index contributed by atoms with van der Waals surface area (Å²) >= 11 is 0. The predicted octanol–water partition coefficient (Wildman–Crippen LogP) is 2.66. The number of fused-ring (bicyclic) bond motifs is 1. The SMILES string of the molecule is CCC(N)(C#N)CCCN1CCCC2CCCC21. The van der Waals surface area contributed by atoms with Gasteiger partial charge in [0.25, 0.3) is 0 Å². The molecule has 2 N–H and O–H groups in total. The summed E-state index contributed by atoms with van der Waals surface area (Å²) in [6.07, 6.45) is 9.72. The largest absolute Gasteiger partial charge is 0.313 e. The van der Waals surface area contributed by atoms with Crippen LogP contribution in [0, 0.1) is 17.2 Å². The number of hydrogen-bond donors (Lipinski definition) is 1. The van der Waals surface area contributed by atoms with E-state index in [1.807, 2.05) is 6.92 Å². The van der Waals surface area contributed by atoms with E-state index in [0.717, 1.165) is 37.8 Å². The predicted molar refractivity (Wildman–Crippen MR) is 74.0 cm³/mol. The van der Waals surface area contributed by atoms with Crippen LogP contribution in [-0.4, -0.2) is 29.6 Å². The van der Waals surface area contributed by atoms with Gasteiger partial charge in [-0.3, -0.25) is 0 Å². The molecule has 0 bridgehead atoms. The Kier molecular flexibility index (Phi) is 4.64. The third kappa shape index (κ3) is 3.05. The Bertz CT molecular complexity index is 309. The smallest absolute Gasteiger partial charge is 0.104 e. The molecule has 1 aliphatic heterocycles. The molecule has 3 unspecified atom stereocenters. The van der Waals surface area contributed by atoms with E-state index in [1.54, 1.807) is 0 Å². The fraction of sp³-hybridized carbons (Fsp3) is 0.933. The minimum absolute atomic E-state index is 0.592. The number of hydrogen-bond acceptors (Lipinski definition) is 3. The Morgan fingerprint density at radius 1 is 1.33 bits per heavy atom.